The van der Waals surface area contributed by atoms with Gasteiger partial charge in [-0.05, 0) is 54.1 Å². The van der Waals surface area contributed by atoms with Crippen LogP contribution < -0.4 is 14.4 Å². The van der Waals surface area contributed by atoms with Crippen LogP contribution in [-0.2, 0) is 9.59 Å². The minimum absolute atomic E-state index is 0.222. The van der Waals surface area contributed by atoms with Crippen molar-refractivity contribution in [2.45, 2.75) is 13.3 Å². The number of rotatable bonds is 8. The van der Waals surface area contributed by atoms with Crippen LogP contribution in [0.25, 0.3) is 6.08 Å². The molecular formula is C26H29N3O5S. The third-order valence-corrected chi connectivity index (χ3v) is 6.78. The quantitative estimate of drug-likeness (QED) is 0.515. The van der Waals surface area contributed by atoms with Gasteiger partial charge in [-0.15, -0.1) is 0 Å². The number of hydrogen-bond acceptors (Lipinski definition) is 7. The summed E-state index contributed by atoms with van der Waals surface area (Å²) >= 11 is 0.842. The minimum Gasteiger partial charge on any atom is -0.493 e. The van der Waals surface area contributed by atoms with Crippen molar-refractivity contribution in [2.75, 3.05) is 51.3 Å². The Labute approximate surface area is 209 Å². The molecule has 2 aliphatic rings. The smallest absolute Gasteiger partial charge is 0.294 e. The van der Waals surface area contributed by atoms with Crippen LogP contribution in [0.15, 0.2) is 53.4 Å². The molecule has 0 aliphatic carbocycles. The number of imide groups is 1. The molecule has 4 rings (SSSR count). The average Bonchev–Trinajstić information content (AvgIpc) is 3.15. The number of ether oxygens (including phenoxy) is 2. The van der Waals surface area contributed by atoms with Crippen LogP contribution in [0.5, 0.6) is 11.5 Å². The molecule has 2 aromatic carbocycles. The predicted octanol–water partition coefficient (Wildman–Crippen LogP) is 3.87. The maximum absolute atomic E-state index is 12.9. The van der Waals surface area contributed by atoms with Crippen molar-refractivity contribution in [3.05, 3.63) is 59.0 Å². The molecule has 0 atom stereocenters. The first-order valence-corrected chi connectivity index (χ1v) is 12.5. The molecule has 0 bridgehead atoms. The molecule has 0 aromatic heterocycles. The van der Waals surface area contributed by atoms with Crippen LogP contribution in [0.4, 0.5) is 10.5 Å². The van der Waals surface area contributed by atoms with Crippen molar-refractivity contribution < 1.29 is 23.9 Å². The van der Waals surface area contributed by atoms with Gasteiger partial charge in [-0.2, -0.15) is 0 Å². The second-order valence-electron chi connectivity index (χ2n) is 8.23. The van der Waals surface area contributed by atoms with E-state index in [0.717, 1.165) is 28.8 Å². The molecule has 0 saturated carbocycles. The highest BCUT2D eigenvalue weighted by Crippen LogP contribution is 2.34. The lowest BCUT2D eigenvalue weighted by Gasteiger charge is -2.36. The summed E-state index contributed by atoms with van der Waals surface area (Å²) in [6.45, 7) is 4.85. The Morgan fingerprint density at radius 2 is 1.77 bits per heavy atom. The van der Waals surface area contributed by atoms with Gasteiger partial charge in [0.15, 0.2) is 11.5 Å². The second kappa shape index (κ2) is 11.3. The van der Waals surface area contributed by atoms with Gasteiger partial charge >= 0.3 is 0 Å². The molecule has 35 heavy (non-hydrogen) atoms. The van der Waals surface area contributed by atoms with E-state index in [4.69, 9.17) is 9.47 Å². The Bertz CT molecular complexity index is 1110. The molecule has 2 fully saturated rings. The monoisotopic (exact) mass is 495 g/mol. The first kappa shape index (κ1) is 24.7. The van der Waals surface area contributed by atoms with E-state index in [-0.39, 0.29) is 17.4 Å². The Hall–Kier alpha value is -3.46. The normalized spacial score (nSPS) is 17.3. The lowest BCUT2D eigenvalue weighted by molar-refractivity contribution is -0.136. The van der Waals surface area contributed by atoms with E-state index < -0.39 is 11.1 Å². The van der Waals surface area contributed by atoms with Crippen molar-refractivity contribution in [1.82, 2.24) is 9.80 Å². The van der Waals surface area contributed by atoms with Gasteiger partial charge in [-0.25, -0.2) is 0 Å². The van der Waals surface area contributed by atoms with E-state index in [1.54, 1.807) is 36.3 Å². The number of hydrogen-bond donors (Lipinski definition) is 0. The lowest BCUT2D eigenvalue weighted by atomic mass is 10.2. The van der Waals surface area contributed by atoms with E-state index in [2.05, 4.69) is 4.90 Å². The number of para-hydroxylation sites is 1. The van der Waals surface area contributed by atoms with Crippen LogP contribution >= 0.6 is 11.8 Å². The SMILES string of the molecule is CCCOc1ccc(/C=C2\SC(=O)N(CC(=O)N3CCN(c4ccccc4)CC3)C2=O)cc1OC. The summed E-state index contributed by atoms with van der Waals surface area (Å²) in [7, 11) is 1.55. The highest BCUT2D eigenvalue weighted by molar-refractivity contribution is 8.18. The van der Waals surface area contributed by atoms with E-state index in [9.17, 15) is 14.4 Å². The van der Waals surface area contributed by atoms with Gasteiger partial charge in [0.1, 0.15) is 6.54 Å². The highest BCUT2D eigenvalue weighted by Gasteiger charge is 2.37. The number of carbonyl (C=O) groups excluding carboxylic acids is 3. The third-order valence-electron chi connectivity index (χ3n) is 5.87. The minimum atomic E-state index is -0.457. The molecule has 2 heterocycles. The molecular weight excluding hydrogens is 466 g/mol. The van der Waals surface area contributed by atoms with Crippen molar-refractivity contribution in [2.24, 2.45) is 0 Å². The number of anilines is 1. The summed E-state index contributed by atoms with van der Waals surface area (Å²) in [6.07, 6.45) is 2.51. The van der Waals surface area contributed by atoms with Gasteiger partial charge in [0.2, 0.25) is 5.91 Å². The fourth-order valence-corrected chi connectivity index (χ4v) is 4.82. The second-order valence-corrected chi connectivity index (χ2v) is 9.22. The fraction of sp³-hybridized carbons (Fsp3) is 0.346. The molecule has 2 aromatic rings. The van der Waals surface area contributed by atoms with E-state index in [0.29, 0.717) is 49.8 Å². The number of thioether (sulfide) groups is 1. The number of benzene rings is 2. The van der Waals surface area contributed by atoms with E-state index in [1.807, 2.05) is 37.3 Å². The Morgan fingerprint density at radius 1 is 1.03 bits per heavy atom. The van der Waals surface area contributed by atoms with Gasteiger partial charge in [-0.3, -0.25) is 19.3 Å². The van der Waals surface area contributed by atoms with Gasteiger partial charge < -0.3 is 19.3 Å². The Morgan fingerprint density at radius 3 is 2.46 bits per heavy atom. The van der Waals surface area contributed by atoms with Crippen LogP contribution in [-0.4, -0.2) is 73.3 Å². The fourth-order valence-electron chi connectivity index (χ4n) is 3.98. The largest absolute Gasteiger partial charge is 0.493 e. The van der Waals surface area contributed by atoms with Crippen molar-refractivity contribution in [3.8, 4) is 11.5 Å². The average molecular weight is 496 g/mol. The summed E-state index contributed by atoms with van der Waals surface area (Å²) in [5, 5.41) is -0.438. The van der Waals surface area contributed by atoms with Crippen LogP contribution in [0, 0.1) is 0 Å². The number of carbonyl (C=O) groups is 3. The van der Waals surface area contributed by atoms with Crippen LogP contribution in [0.1, 0.15) is 18.9 Å². The molecule has 3 amide bonds. The van der Waals surface area contributed by atoms with Crippen molar-refractivity contribution >= 4 is 40.6 Å². The summed E-state index contributed by atoms with van der Waals surface area (Å²) in [6, 6.07) is 15.4. The molecule has 0 N–H and O–H groups in total. The van der Waals surface area contributed by atoms with Gasteiger partial charge in [0.25, 0.3) is 11.1 Å². The maximum atomic E-state index is 12.9. The molecule has 0 radical (unpaired) electrons. The first-order valence-electron chi connectivity index (χ1n) is 11.6. The molecule has 0 spiro atoms. The number of piperazine rings is 1. The van der Waals surface area contributed by atoms with Crippen molar-refractivity contribution in [3.63, 3.8) is 0 Å². The first-order chi connectivity index (χ1) is 17.0. The van der Waals surface area contributed by atoms with E-state index in [1.165, 1.54) is 0 Å². The van der Waals surface area contributed by atoms with E-state index >= 15 is 0 Å². The Kier molecular flexibility index (Phi) is 7.97. The van der Waals surface area contributed by atoms with Gasteiger partial charge in [-0.1, -0.05) is 31.2 Å². The summed E-state index contributed by atoms with van der Waals surface area (Å²) in [5.74, 6) is 0.496. The molecule has 8 nitrogen and oxygen atoms in total. The molecule has 2 aliphatic heterocycles. The molecule has 184 valence electrons. The highest BCUT2D eigenvalue weighted by atomic mass is 32.2. The standard InChI is InChI=1S/C26H29N3O5S/c1-3-15-34-21-10-9-19(16-22(21)33-2)17-23-25(31)29(26(32)35-23)18-24(30)28-13-11-27(12-14-28)20-7-5-4-6-8-20/h4-10,16-17H,3,11-15,18H2,1-2H3/b23-17-. The molecule has 2 saturated heterocycles. The predicted molar refractivity (Wildman–Crippen MR) is 137 cm³/mol. The molecule has 9 heteroatoms. The maximum Gasteiger partial charge on any atom is 0.294 e. The Balaban J connectivity index is 1.37. The zero-order valence-corrected chi connectivity index (χ0v) is 20.8. The van der Waals surface area contributed by atoms with Crippen molar-refractivity contribution in [1.29, 1.82) is 0 Å². The number of nitrogens with zero attached hydrogens (tertiary/aromatic N) is 3. The molecule has 0 unspecified atom stereocenters. The summed E-state index contributed by atoms with van der Waals surface area (Å²) in [5.41, 5.74) is 1.83. The summed E-state index contributed by atoms with van der Waals surface area (Å²) < 4.78 is 11.1. The summed E-state index contributed by atoms with van der Waals surface area (Å²) in [4.78, 5) is 43.6. The van der Waals surface area contributed by atoms with Gasteiger partial charge in [0, 0.05) is 31.9 Å². The zero-order chi connectivity index (χ0) is 24.8. The topological polar surface area (TPSA) is 79.4 Å². The third kappa shape index (κ3) is 5.79. The lowest BCUT2D eigenvalue weighted by Crippen LogP contribution is -2.51. The number of methoxy groups -OCH3 is 1. The zero-order valence-electron chi connectivity index (χ0n) is 19.9. The van der Waals surface area contributed by atoms with Crippen LogP contribution in [0.3, 0.4) is 0 Å². The number of amides is 3. The van der Waals surface area contributed by atoms with Crippen LogP contribution in [0.2, 0.25) is 0 Å². The van der Waals surface area contributed by atoms with Gasteiger partial charge in [0.05, 0.1) is 18.6 Å².